The minimum Gasteiger partial charge on any atom is -0.449 e. The molecule has 0 radical (unpaired) electrons. The highest BCUT2D eigenvalue weighted by molar-refractivity contribution is 5.86. The number of alkyl halides is 1. The van der Waals surface area contributed by atoms with Crippen molar-refractivity contribution in [2.45, 2.75) is 63.6 Å². The van der Waals surface area contributed by atoms with Crippen molar-refractivity contribution in [3.8, 4) is 0 Å². The number of nitrogens with one attached hydrogen (secondary N) is 1. The summed E-state index contributed by atoms with van der Waals surface area (Å²) in [5, 5.41) is 2.97. The maximum atomic E-state index is 15.3. The molecule has 0 unspecified atom stereocenters. The summed E-state index contributed by atoms with van der Waals surface area (Å²) in [6.45, 7) is 4.98. The van der Waals surface area contributed by atoms with Crippen molar-refractivity contribution in [3.05, 3.63) is 36.3 Å². The third-order valence-corrected chi connectivity index (χ3v) is 5.85. The molecule has 3 aliphatic rings. The Bertz CT molecular complexity index is 687. The van der Waals surface area contributed by atoms with E-state index < -0.39 is 17.7 Å². The van der Waals surface area contributed by atoms with Gasteiger partial charge in [0, 0.05) is 49.6 Å². The molecule has 2 amide bonds. The molecule has 28 heavy (non-hydrogen) atoms. The van der Waals surface area contributed by atoms with Crippen LogP contribution < -0.4 is 5.32 Å². The van der Waals surface area contributed by atoms with Crippen LogP contribution in [0.2, 0.25) is 0 Å². The number of ether oxygens (including phenoxy) is 1. The van der Waals surface area contributed by atoms with Crippen LogP contribution in [-0.4, -0.2) is 52.7 Å². The molecule has 154 valence electrons. The van der Waals surface area contributed by atoms with Gasteiger partial charge < -0.3 is 15.0 Å². The van der Waals surface area contributed by atoms with Crippen molar-refractivity contribution in [3.63, 3.8) is 0 Å². The average molecular weight is 391 g/mol. The van der Waals surface area contributed by atoms with Gasteiger partial charge in [-0.05, 0) is 44.9 Å². The Hall–Kier alpha value is -2.31. The van der Waals surface area contributed by atoms with E-state index in [4.69, 9.17) is 4.74 Å². The van der Waals surface area contributed by atoms with E-state index >= 15 is 4.39 Å². The van der Waals surface area contributed by atoms with E-state index in [0.29, 0.717) is 19.7 Å². The van der Waals surface area contributed by atoms with Gasteiger partial charge in [0.2, 0.25) is 0 Å². The predicted octanol–water partition coefficient (Wildman–Crippen LogP) is 3.62. The Balaban J connectivity index is 1.57. The van der Waals surface area contributed by atoms with Crippen molar-refractivity contribution >= 4 is 12.0 Å². The number of halogens is 1. The van der Waals surface area contributed by atoms with E-state index in [-0.39, 0.29) is 18.4 Å². The second-order valence-electron chi connectivity index (χ2n) is 8.03. The van der Waals surface area contributed by atoms with Gasteiger partial charge in [-0.25, -0.2) is 9.18 Å². The number of amides is 2. The summed E-state index contributed by atoms with van der Waals surface area (Å²) in [5.41, 5.74) is -1.20. The number of nitrogens with zero attached hydrogens (tertiary/aromatic N) is 2. The Morgan fingerprint density at radius 3 is 2.50 bits per heavy atom. The molecule has 2 heterocycles. The van der Waals surface area contributed by atoms with E-state index in [1.54, 1.807) is 25.4 Å². The minimum absolute atomic E-state index is 0.158. The van der Waals surface area contributed by atoms with Crippen LogP contribution in [-0.2, 0) is 9.53 Å². The smallest absolute Gasteiger partial charge is 0.417 e. The SMILES string of the molecule is CCOC(=O)N1C=CC=C(N2CCC(F)(C(=O)NC3(C)CCCC3)CC2)C=C1. The molecule has 0 aromatic heterocycles. The molecule has 1 aliphatic carbocycles. The summed E-state index contributed by atoms with van der Waals surface area (Å²) in [6, 6.07) is 0. The largest absolute Gasteiger partial charge is 0.449 e. The standard InChI is InChI=1S/C21H30FN3O3/c1-3-28-19(27)25-13-6-7-17(8-14-25)24-15-11-21(22,12-16-24)18(26)23-20(2)9-4-5-10-20/h6-8,13-14H,3-5,9-12,15-16H2,1-2H3,(H,23,26). The van der Waals surface area contributed by atoms with Gasteiger partial charge in [-0.2, -0.15) is 0 Å². The number of carbonyl (C=O) groups is 2. The topological polar surface area (TPSA) is 61.9 Å². The van der Waals surface area contributed by atoms with Crippen LogP contribution in [0, 0.1) is 0 Å². The molecule has 7 heteroatoms. The van der Waals surface area contributed by atoms with Crippen LogP contribution in [0.15, 0.2) is 36.3 Å². The maximum absolute atomic E-state index is 15.3. The van der Waals surface area contributed by atoms with Crippen molar-refractivity contribution in [2.75, 3.05) is 19.7 Å². The molecule has 1 saturated carbocycles. The van der Waals surface area contributed by atoms with Crippen LogP contribution in [0.25, 0.3) is 0 Å². The molecule has 0 spiro atoms. The summed E-state index contributed by atoms with van der Waals surface area (Å²) in [4.78, 5) is 27.8. The summed E-state index contributed by atoms with van der Waals surface area (Å²) in [6.07, 6.45) is 12.6. The lowest BCUT2D eigenvalue weighted by Gasteiger charge is -2.39. The highest BCUT2D eigenvalue weighted by Gasteiger charge is 2.44. The first-order chi connectivity index (χ1) is 13.4. The number of hydrogen-bond donors (Lipinski definition) is 1. The maximum Gasteiger partial charge on any atom is 0.417 e. The van der Waals surface area contributed by atoms with Gasteiger partial charge in [-0.3, -0.25) is 9.69 Å². The normalized spacial score (nSPS) is 23.2. The zero-order valence-corrected chi connectivity index (χ0v) is 16.7. The number of piperidine rings is 1. The fraction of sp³-hybridized carbons (Fsp3) is 0.619. The van der Waals surface area contributed by atoms with E-state index in [0.717, 1.165) is 31.4 Å². The molecule has 3 rings (SSSR count). The first kappa shape index (κ1) is 20.4. The molecule has 1 saturated heterocycles. The third kappa shape index (κ3) is 4.56. The minimum atomic E-state index is -1.82. The molecular weight excluding hydrogens is 361 g/mol. The van der Waals surface area contributed by atoms with E-state index in [2.05, 4.69) is 5.32 Å². The van der Waals surface area contributed by atoms with E-state index in [9.17, 15) is 9.59 Å². The van der Waals surface area contributed by atoms with Gasteiger partial charge in [0.25, 0.3) is 5.91 Å². The van der Waals surface area contributed by atoms with Gasteiger partial charge in [0.15, 0.2) is 5.67 Å². The molecule has 0 bridgehead atoms. The van der Waals surface area contributed by atoms with Crippen molar-refractivity contribution < 1.29 is 18.7 Å². The fourth-order valence-electron chi connectivity index (χ4n) is 4.04. The molecular formula is C21H30FN3O3. The van der Waals surface area contributed by atoms with E-state index in [1.807, 2.05) is 24.0 Å². The van der Waals surface area contributed by atoms with Crippen LogP contribution in [0.1, 0.15) is 52.4 Å². The molecule has 1 N–H and O–H groups in total. The van der Waals surface area contributed by atoms with E-state index in [1.165, 1.54) is 4.90 Å². The highest BCUT2D eigenvalue weighted by Crippen LogP contribution is 2.33. The first-order valence-electron chi connectivity index (χ1n) is 10.1. The van der Waals surface area contributed by atoms with Crippen molar-refractivity contribution in [2.24, 2.45) is 0 Å². The zero-order chi connectivity index (χ0) is 20.2. The predicted molar refractivity (Wildman–Crippen MR) is 105 cm³/mol. The molecule has 2 aliphatic heterocycles. The number of hydrogen-bond acceptors (Lipinski definition) is 4. The van der Waals surface area contributed by atoms with Crippen LogP contribution >= 0.6 is 0 Å². The lowest BCUT2D eigenvalue weighted by atomic mass is 9.90. The summed E-state index contributed by atoms with van der Waals surface area (Å²) >= 11 is 0. The summed E-state index contributed by atoms with van der Waals surface area (Å²) in [7, 11) is 0. The summed E-state index contributed by atoms with van der Waals surface area (Å²) in [5.74, 6) is -0.463. The molecule has 0 aromatic rings. The Morgan fingerprint density at radius 2 is 1.86 bits per heavy atom. The number of carbonyl (C=O) groups excluding carboxylic acids is 2. The van der Waals surface area contributed by atoms with Gasteiger partial charge in [0.05, 0.1) is 6.61 Å². The lowest BCUT2D eigenvalue weighted by molar-refractivity contribution is -0.137. The third-order valence-electron chi connectivity index (χ3n) is 5.85. The highest BCUT2D eigenvalue weighted by atomic mass is 19.1. The lowest BCUT2D eigenvalue weighted by Crippen LogP contribution is -2.55. The molecule has 0 atom stereocenters. The van der Waals surface area contributed by atoms with Gasteiger partial charge in [-0.15, -0.1) is 0 Å². The molecule has 2 fully saturated rings. The van der Waals surface area contributed by atoms with Gasteiger partial charge >= 0.3 is 6.09 Å². The monoisotopic (exact) mass is 391 g/mol. The van der Waals surface area contributed by atoms with Crippen molar-refractivity contribution in [1.29, 1.82) is 0 Å². The van der Waals surface area contributed by atoms with Crippen LogP contribution in [0.3, 0.4) is 0 Å². The second kappa shape index (κ2) is 8.37. The number of rotatable bonds is 4. The van der Waals surface area contributed by atoms with Gasteiger partial charge in [-0.1, -0.05) is 12.8 Å². The Morgan fingerprint density at radius 1 is 1.18 bits per heavy atom. The Labute approximate surface area is 166 Å². The van der Waals surface area contributed by atoms with Gasteiger partial charge in [0.1, 0.15) is 0 Å². The quantitative estimate of drug-likeness (QED) is 0.795. The number of allylic oxidation sites excluding steroid dienone is 3. The van der Waals surface area contributed by atoms with Crippen molar-refractivity contribution in [1.82, 2.24) is 15.1 Å². The van der Waals surface area contributed by atoms with Crippen LogP contribution in [0.4, 0.5) is 9.18 Å². The molecule has 6 nitrogen and oxygen atoms in total. The summed E-state index contributed by atoms with van der Waals surface area (Å²) < 4.78 is 20.3. The first-order valence-corrected chi connectivity index (χ1v) is 10.1. The average Bonchev–Trinajstić information content (AvgIpc) is 2.94. The second-order valence-corrected chi connectivity index (χ2v) is 8.03. The molecule has 0 aromatic carbocycles. The van der Waals surface area contributed by atoms with Crippen LogP contribution in [0.5, 0.6) is 0 Å². The Kier molecular flexibility index (Phi) is 6.10. The fourth-order valence-corrected chi connectivity index (χ4v) is 4.04. The number of likely N-dealkylation sites (tertiary alicyclic amines) is 1. The zero-order valence-electron chi connectivity index (χ0n) is 16.7.